The number of ether oxygens (including phenoxy) is 1. The highest BCUT2D eigenvalue weighted by molar-refractivity contribution is 7.89. The maximum Gasteiger partial charge on any atom is 0.241 e. The van der Waals surface area contributed by atoms with Crippen LogP contribution in [-0.4, -0.2) is 39.6 Å². The fourth-order valence-electron chi connectivity index (χ4n) is 2.76. The lowest BCUT2D eigenvalue weighted by Crippen LogP contribution is -2.33. The average Bonchev–Trinajstić information content (AvgIpc) is 2.69. The van der Waals surface area contributed by atoms with Crippen molar-refractivity contribution in [3.63, 3.8) is 0 Å². The number of pyridine rings is 1. The quantitative estimate of drug-likeness (QED) is 0.494. The molecule has 3 rings (SSSR count). The SMILES string of the molecule is O=S(=O)(NCCNCCOCc1cccc(Cl)c1)c1cccc2cnccc12. The third-order valence-corrected chi connectivity index (χ3v) is 5.86. The minimum atomic E-state index is -3.59. The Balaban J connectivity index is 1.39. The molecular weight excluding hydrogens is 398 g/mol. The van der Waals surface area contributed by atoms with Gasteiger partial charge < -0.3 is 10.1 Å². The maximum atomic E-state index is 12.6. The smallest absolute Gasteiger partial charge is 0.241 e. The van der Waals surface area contributed by atoms with E-state index in [1.54, 1.807) is 30.6 Å². The zero-order valence-corrected chi connectivity index (χ0v) is 16.8. The average molecular weight is 420 g/mol. The highest BCUT2D eigenvalue weighted by Crippen LogP contribution is 2.21. The molecule has 3 aromatic rings. The summed E-state index contributed by atoms with van der Waals surface area (Å²) in [6.45, 7) is 2.44. The van der Waals surface area contributed by atoms with Crippen molar-refractivity contribution in [2.45, 2.75) is 11.5 Å². The van der Waals surface area contributed by atoms with Crippen LogP contribution in [0.15, 0.2) is 65.8 Å². The molecule has 0 unspecified atom stereocenters. The van der Waals surface area contributed by atoms with Crippen molar-refractivity contribution in [1.29, 1.82) is 0 Å². The first-order valence-corrected chi connectivity index (χ1v) is 10.8. The number of sulfonamides is 1. The molecule has 1 aromatic heterocycles. The number of hydrogen-bond donors (Lipinski definition) is 2. The fraction of sp³-hybridized carbons (Fsp3) is 0.250. The van der Waals surface area contributed by atoms with Crippen molar-refractivity contribution in [3.8, 4) is 0 Å². The molecule has 8 heteroatoms. The number of benzene rings is 2. The van der Waals surface area contributed by atoms with Gasteiger partial charge in [0.1, 0.15) is 0 Å². The second kappa shape index (κ2) is 9.95. The van der Waals surface area contributed by atoms with Crippen molar-refractivity contribution in [2.75, 3.05) is 26.2 Å². The van der Waals surface area contributed by atoms with Gasteiger partial charge in [-0.2, -0.15) is 0 Å². The Kier molecular flexibility index (Phi) is 7.36. The van der Waals surface area contributed by atoms with Crippen molar-refractivity contribution in [1.82, 2.24) is 15.0 Å². The molecule has 0 spiro atoms. The summed E-state index contributed by atoms with van der Waals surface area (Å²) in [5, 5.41) is 5.30. The van der Waals surface area contributed by atoms with E-state index in [4.69, 9.17) is 16.3 Å². The number of nitrogens with one attached hydrogen (secondary N) is 2. The van der Waals surface area contributed by atoms with Crippen LogP contribution >= 0.6 is 11.6 Å². The van der Waals surface area contributed by atoms with Crippen molar-refractivity contribution in [3.05, 3.63) is 71.5 Å². The summed E-state index contributed by atoms with van der Waals surface area (Å²) in [6.07, 6.45) is 3.24. The Morgan fingerprint density at radius 3 is 2.75 bits per heavy atom. The summed E-state index contributed by atoms with van der Waals surface area (Å²) in [6, 6.07) is 14.4. The first-order valence-electron chi connectivity index (χ1n) is 8.91. The molecular formula is C20H22ClN3O3S. The Labute approximate surface area is 169 Å². The van der Waals surface area contributed by atoms with Crippen LogP contribution in [0.4, 0.5) is 0 Å². The largest absolute Gasteiger partial charge is 0.375 e. The number of nitrogens with zero attached hydrogens (tertiary/aromatic N) is 1. The molecule has 1 heterocycles. The van der Waals surface area contributed by atoms with Gasteiger partial charge in [0.2, 0.25) is 10.0 Å². The molecule has 6 nitrogen and oxygen atoms in total. The lowest BCUT2D eigenvalue weighted by molar-refractivity contribution is 0.123. The van der Waals surface area contributed by atoms with Crippen molar-refractivity contribution < 1.29 is 13.2 Å². The monoisotopic (exact) mass is 419 g/mol. The normalized spacial score (nSPS) is 11.8. The number of aromatic nitrogens is 1. The van der Waals surface area contributed by atoms with Gasteiger partial charge in [0.05, 0.1) is 18.1 Å². The molecule has 0 amide bonds. The van der Waals surface area contributed by atoms with Crippen LogP contribution < -0.4 is 10.0 Å². The van der Waals surface area contributed by atoms with E-state index < -0.39 is 10.0 Å². The van der Waals surface area contributed by atoms with E-state index >= 15 is 0 Å². The highest BCUT2D eigenvalue weighted by atomic mass is 35.5. The molecule has 0 atom stereocenters. The number of fused-ring (bicyclic) bond motifs is 1. The van der Waals surface area contributed by atoms with Gasteiger partial charge in [0, 0.05) is 47.8 Å². The fourth-order valence-corrected chi connectivity index (χ4v) is 4.24. The summed E-state index contributed by atoms with van der Waals surface area (Å²) in [4.78, 5) is 4.29. The molecule has 2 aromatic carbocycles. The Bertz CT molecular complexity index is 1020. The molecule has 148 valence electrons. The molecule has 0 radical (unpaired) electrons. The molecule has 0 bridgehead atoms. The number of hydrogen-bond acceptors (Lipinski definition) is 5. The van der Waals surface area contributed by atoms with Gasteiger partial charge in [-0.1, -0.05) is 35.9 Å². The van der Waals surface area contributed by atoms with E-state index in [9.17, 15) is 8.42 Å². The molecule has 0 aliphatic carbocycles. The highest BCUT2D eigenvalue weighted by Gasteiger charge is 2.16. The van der Waals surface area contributed by atoms with E-state index in [1.165, 1.54) is 0 Å². The topological polar surface area (TPSA) is 80.3 Å². The summed E-state index contributed by atoms with van der Waals surface area (Å²) in [7, 11) is -3.59. The Morgan fingerprint density at radius 1 is 1.04 bits per heavy atom. The van der Waals surface area contributed by atoms with E-state index in [0.29, 0.717) is 36.7 Å². The predicted molar refractivity (Wildman–Crippen MR) is 111 cm³/mol. The van der Waals surface area contributed by atoms with Gasteiger partial charge in [-0.25, -0.2) is 13.1 Å². The Hall–Kier alpha value is -2.03. The van der Waals surface area contributed by atoms with Crippen LogP contribution in [0, 0.1) is 0 Å². The minimum absolute atomic E-state index is 0.261. The van der Waals surface area contributed by atoms with Gasteiger partial charge in [0.25, 0.3) is 0 Å². The second-order valence-electron chi connectivity index (χ2n) is 6.18. The van der Waals surface area contributed by atoms with Gasteiger partial charge in [-0.05, 0) is 29.8 Å². The van der Waals surface area contributed by atoms with E-state index in [2.05, 4.69) is 15.0 Å². The second-order valence-corrected chi connectivity index (χ2v) is 8.36. The summed E-state index contributed by atoms with van der Waals surface area (Å²) in [5.41, 5.74) is 1.02. The summed E-state index contributed by atoms with van der Waals surface area (Å²) >= 11 is 5.93. The first kappa shape index (κ1) is 20.7. The number of rotatable bonds is 10. The van der Waals surface area contributed by atoms with Crippen LogP contribution in [0.1, 0.15) is 5.56 Å². The third-order valence-electron chi connectivity index (χ3n) is 4.11. The van der Waals surface area contributed by atoms with Crippen molar-refractivity contribution >= 4 is 32.4 Å². The molecule has 0 aliphatic heterocycles. The lowest BCUT2D eigenvalue weighted by Gasteiger charge is -2.10. The zero-order chi connectivity index (χ0) is 19.8. The molecule has 2 N–H and O–H groups in total. The molecule has 0 aliphatic rings. The third kappa shape index (κ3) is 5.73. The molecule has 28 heavy (non-hydrogen) atoms. The minimum Gasteiger partial charge on any atom is -0.375 e. The standard InChI is InChI=1S/C20H22ClN3O3S/c21-18-5-1-3-16(13-18)15-27-12-11-22-9-10-24-28(25,26)20-6-2-4-17-14-23-8-7-19(17)20/h1-8,13-14,22,24H,9-12,15H2. The zero-order valence-electron chi connectivity index (χ0n) is 15.3. The first-order chi connectivity index (χ1) is 13.6. The predicted octanol–water partition coefficient (Wildman–Crippen LogP) is 2.97. The van der Waals surface area contributed by atoms with Gasteiger partial charge in [0.15, 0.2) is 0 Å². The van der Waals surface area contributed by atoms with E-state index in [0.717, 1.165) is 10.9 Å². The summed E-state index contributed by atoms with van der Waals surface area (Å²) < 4.78 is 33.3. The molecule has 0 fully saturated rings. The van der Waals surface area contributed by atoms with Gasteiger partial charge in [-0.15, -0.1) is 0 Å². The van der Waals surface area contributed by atoms with Crippen LogP contribution in [0.5, 0.6) is 0 Å². The van der Waals surface area contributed by atoms with Gasteiger partial charge >= 0.3 is 0 Å². The van der Waals surface area contributed by atoms with Crippen LogP contribution in [-0.2, 0) is 21.4 Å². The van der Waals surface area contributed by atoms with Crippen molar-refractivity contribution in [2.24, 2.45) is 0 Å². The maximum absolute atomic E-state index is 12.6. The van der Waals surface area contributed by atoms with Crippen LogP contribution in [0.25, 0.3) is 10.8 Å². The number of halogens is 1. The molecule has 0 saturated heterocycles. The van der Waals surface area contributed by atoms with Crippen LogP contribution in [0.3, 0.4) is 0 Å². The van der Waals surface area contributed by atoms with Crippen LogP contribution in [0.2, 0.25) is 5.02 Å². The molecule has 0 saturated carbocycles. The lowest BCUT2D eigenvalue weighted by atomic mass is 10.2. The Morgan fingerprint density at radius 2 is 1.89 bits per heavy atom. The van der Waals surface area contributed by atoms with E-state index in [-0.39, 0.29) is 11.4 Å². The summed E-state index contributed by atoms with van der Waals surface area (Å²) in [5.74, 6) is 0. The van der Waals surface area contributed by atoms with Gasteiger partial charge in [-0.3, -0.25) is 4.98 Å². The van der Waals surface area contributed by atoms with E-state index in [1.807, 2.05) is 30.3 Å².